The SMILES string of the molecule is CCNc1ccc(C#N)cc1N=C1S/C(=C2/Sc3cc(NCCCC#N)ccc3N2C)C(=O)N1Cc1ccccc1. The number of unbranched alkanes of at least 4 members (excludes halogenated alkanes) is 1. The Bertz CT molecular complexity index is 1600. The second-order valence-electron chi connectivity index (χ2n) is 9.41. The summed E-state index contributed by atoms with van der Waals surface area (Å²) in [6, 6.07) is 25.8. The van der Waals surface area contributed by atoms with Crippen molar-refractivity contribution < 1.29 is 4.79 Å². The molecule has 3 aromatic carbocycles. The largest absolute Gasteiger partial charge is 0.385 e. The number of aliphatic imine (C=N–C) groups is 1. The lowest BCUT2D eigenvalue weighted by molar-refractivity contribution is -0.122. The number of amides is 1. The van der Waals surface area contributed by atoms with Crippen LogP contribution in [-0.2, 0) is 11.3 Å². The molecule has 0 spiro atoms. The molecule has 2 heterocycles. The minimum atomic E-state index is -0.101. The van der Waals surface area contributed by atoms with Crippen LogP contribution < -0.4 is 15.5 Å². The standard InChI is InChI=1S/C31H29N7OS2/c1-3-34-24-13-11-22(19-33)17-25(24)36-31-38(20-21-9-5-4-6-10-21)29(39)28(41-31)30-37(2)26-14-12-23(18-27(26)40-30)35-16-8-7-15-32/h4-6,9-14,17-18,34-35H,3,7-8,16,20H2,1-2H3/b30-28+,36-31?. The summed E-state index contributed by atoms with van der Waals surface area (Å²) < 4.78 is 0. The highest BCUT2D eigenvalue weighted by Crippen LogP contribution is 2.51. The number of fused-ring (bicyclic) bond motifs is 1. The quantitative estimate of drug-likeness (QED) is 0.209. The fourth-order valence-electron chi connectivity index (χ4n) is 4.52. The van der Waals surface area contributed by atoms with Gasteiger partial charge < -0.3 is 15.5 Å². The first-order chi connectivity index (χ1) is 20.0. The smallest absolute Gasteiger partial charge is 0.269 e. The van der Waals surface area contributed by atoms with Crippen molar-refractivity contribution in [3.05, 3.63) is 87.8 Å². The first-order valence-corrected chi connectivity index (χ1v) is 15.0. The van der Waals surface area contributed by atoms with Crippen molar-refractivity contribution in [2.75, 3.05) is 35.7 Å². The first kappa shape index (κ1) is 28.2. The average Bonchev–Trinajstić information content (AvgIpc) is 3.47. The molecule has 3 aromatic rings. The summed E-state index contributed by atoms with van der Waals surface area (Å²) in [5.41, 5.74) is 4.95. The highest BCUT2D eigenvalue weighted by Gasteiger charge is 2.39. The zero-order valence-electron chi connectivity index (χ0n) is 22.8. The van der Waals surface area contributed by atoms with Crippen LogP contribution in [0.5, 0.6) is 0 Å². The summed E-state index contributed by atoms with van der Waals surface area (Å²) in [6.45, 7) is 3.82. The first-order valence-electron chi connectivity index (χ1n) is 13.3. The van der Waals surface area contributed by atoms with E-state index in [-0.39, 0.29) is 5.91 Å². The number of amidine groups is 1. The van der Waals surface area contributed by atoms with E-state index in [0.717, 1.165) is 45.5 Å². The third-order valence-electron chi connectivity index (χ3n) is 6.58. The summed E-state index contributed by atoms with van der Waals surface area (Å²) in [4.78, 5) is 24.4. The molecule has 0 saturated carbocycles. The highest BCUT2D eigenvalue weighted by atomic mass is 32.2. The molecule has 10 heteroatoms. The van der Waals surface area contributed by atoms with E-state index in [1.807, 2.05) is 56.4 Å². The molecular formula is C31H29N7OS2. The van der Waals surface area contributed by atoms with Gasteiger partial charge in [0.2, 0.25) is 0 Å². The van der Waals surface area contributed by atoms with Crippen LogP contribution in [-0.4, -0.2) is 36.1 Å². The maximum absolute atomic E-state index is 14.0. The maximum Gasteiger partial charge on any atom is 0.269 e. The van der Waals surface area contributed by atoms with Crippen LogP contribution in [0, 0.1) is 22.7 Å². The van der Waals surface area contributed by atoms with Crippen LogP contribution in [0.3, 0.4) is 0 Å². The van der Waals surface area contributed by atoms with Crippen molar-refractivity contribution in [1.82, 2.24) is 4.90 Å². The van der Waals surface area contributed by atoms with E-state index in [1.54, 1.807) is 28.8 Å². The maximum atomic E-state index is 14.0. The number of hydrogen-bond donors (Lipinski definition) is 2. The monoisotopic (exact) mass is 579 g/mol. The number of nitrogens with zero attached hydrogens (tertiary/aromatic N) is 5. The molecule has 206 valence electrons. The molecule has 0 bridgehead atoms. The van der Waals surface area contributed by atoms with Crippen molar-refractivity contribution in [2.24, 2.45) is 4.99 Å². The molecule has 41 heavy (non-hydrogen) atoms. The molecule has 1 amide bonds. The van der Waals surface area contributed by atoms with Gasteiger partial charge in [-0.1, -0.05) is 42.1 Å². The van der Waals surface area contributed by atoms with Gasteiger partial charge >= 0.3 is 0 Å². The predicted octanol–water partition coefficient (Wildman–Crippen LogP) is 6.88. The number of nitriles is 2. The predicted molar refractivity (Wildman–Crippen MR) is 168 cm³/mol. The fraction of sp³-hybridized carbons (Fsp3) is 0.226. The van der Waals surface area contributed by atoms with Gasteiger partial charge in [-0.3, -0.25) is 9.69 Å². The second kappa shape index (κ2) is 12.9. The van der Waals surface area contributed by atoms with Gasteiger partial charge in [0, 0.05) is 37.1 Å². The van der Waals surface area contributed by atoms with Crippen molar-refractivity contribution in [1.29, 1.82) is 10.5 Å². The summed E-state index contributed by atoms with van der Waals surface area (Å²) in [5, 5.41) is 26.4. The Morgan fingerprint density at radius 3 is 2.59 bits per heavy atom. The second-order valence-corrected chi connectivity index (χ2v) is 11.4. The topological polar surface area (TPSA) is 108 Å². The number of nitrogens with one attached hydrogen (secondary N) is 2. The van der Waals surface area contributed by atoms with Crippen LogP contribution >= 0.6 is 23.5 Å². The van der Waals surface area contributed by atoms with E-state index in [4.69, 9.17) is 10.3 Å². The van der Waals surface area contributed by atoms with Gasteiger partial charge in [0.05, 0.1) is 46.3 Å². The Kier molecular flexibility index (Phi) is 8.83. The Morgan fingerprint density at radius 1 is 1.00 bits per heavy atom. The van der Waals surface area contributed by atoms with E-state index < -0.39 is 0 Å². The number of carbonyl (C=O) groups excluding carboxylic acids is 1. The number of anilines is 3. The summed E-state index contributed by atoms with van der Waals surface area (Å²) in [5.74, 6) is -0.101. The summed E-state index contributed by atoms with van der Waals surface area (Å²) in [6.07, 6.45) is 1.30. The van der Waals surface area contributed by atoms with E-state index in [2.05, 4.69) is 39.8 Å². The minimum Gasteiger partial charge on any atom is -0.385 e. The highest BCUT2D eigenvalue weighted by molar-refractivity contribution is 8.19. The lowest BCUT2D eigenvalue weighted by atomic mass is 10.2. The van der Waals surface area contributed by atoms with E-state index in [0.29, 0.717) is 40.8 Å². The van der Waals surface area contributed by atoms with Crippen molar-refractivity contribution in [3.8, 4) is 12.1 Å². The van der Waals surface area contributed by atoms with Crippen molar-refractivity contribution >= 4 is 57.3 Å². The molecule has 2 N–H and O–H groups in total. The van der Waals surface area contributed by atoms with Crippen molar-refractivity contribution in [2.45, 2.75) is 31.2 Å². The van der Waals surface area contributed by atoms with Crippen LogP contribution in [0.1, 0.15) is 30.9 Å². The molecule has 0 radical (unpaired) electrons. The van der Waals surface area contributed by atoms with Gasteiger partial charge in [-0.25, -0.2) is 4.99 Å². The molecule has 0 unspecified atom stereocenters. The van der Waals surface area contributed by atoms with Crippen molar-refractivity contribution in [3.63, 3.8) is 0 Å². The molecule has 1 fully saturated rings. The van der Waals surface area contributed by atoms with Gasteiger partial charge in [0.25, 0.3) is 5.91 Å². The third-order valence-corrected chi connectivity index (χ3v) is 8.99. The molecule has 1 saturated heterocycles. The number of rotatable bonds is 9. The molecule has 0 aliphatic carbocycles. The van der Waals surface area contributed by atoms with Gasteiger partial charge in [-0.15, -0.1) is 0 Å². The van der Waals surface area contributed by atoms with Crippen LogP contribution in [0.2, 0.25) is 0 Å². The van der Waals surface area contributed by atoms with Gasteiger partial charge in [-0.05, 0) is 67.1 Å². The van der Waals surface area contributed by atoms with Crippen LogP contribution in [0.25, 0.3) is 0 Å². The van der Waals surface area contributed by atoms with Crippen LogP contribution in [0.4, 0.5) is 22.7 Å². The summed E-state index contributed by atoms with van der Waals surface area (Å²) in [7, 11) is 1.98. The molecule has 0 atom stereocenters. The Morgan fingerprint density at radius 2 is 1.83 bits per heavy atom. The number of benzene rings is 3. The molecule has 5 rings (SSSR count). The lowest BCUT2D eigenvalue weighted by Gasteiger charge is -2.17. The molecule has 8 nitrogen and oxygen atoms in total. The van der Waals surface area contributed by atoms with Gasteiger partial charge in [0.15, 0.2) is 5.17 Å². The van der Waals surface area contributed by atoms with E-state index >= 15 is 0 Å². The zero-order valence-corrected chi connectivity index (χ0v) is 24.5. The normalized spacial score (nSPS) is 17.0. The fourth-order valence-corrected chi connectivity index (χ4v) is 6.90. The number of carbonyl (C=O) groups is 1. The molecule has 0 aromatic heterocycles. The Hall–Kier alpha value is -4.38. The van der Waals surface area contributed by atoms with Crippen LogP contribution in [0.15, 0.2) is 86.6 Å². The van der Waals surface area contributed by atoms with E-state index in [1.165, 1.54) is 11.8 Å². The Labute approximate surface area is 248 Å². The number of hydrogen-bond acceptors (Lipinski definition) is 9. The van der Waals surface area contributed by atoms with E-state index in [9.17, 15) is 10.1 Å². The third kappa shape index (κ3) is 6.19. The van der Waals surface area contributed by atoms with Gasteiger partial charge in [0.1, 0.15) is 4.91 Å². The molecule has 2 aliphatic heterocycles. The number of thioether (sulfide) groups is 2. The average molecular weight is 580 g/mol. The zero-order chi connectivity index (χ0) is 28.8. The minimum absolute atomic E-state index is 0.101. The van der Waals surface area contributed by atoms with Gasteiger partial charge in [-0.2, -0.15) is 10.5 Å². The Balaban J connectivity index is 1.50. The molecular weight excluding hydrogens is 551 g/mol. The summed E-state index contributed by atoms with van der Waals surface area (Å²) >= 11 is 2.93. The lowest BCUT2D eigenvalue weighted by Crippen LogP contribution is -2.29. The molecule has 2 aliphatic rings.